The molecule has 25 heavy (non-hydrogen) atoms. The Labute approximate surface area is 145 Å². The number of nitro benzene ring substituents is 1. The summed E-state index contributed by atoms with van der Waals surface area (Å²) in [4.78, 5) is 35.0. The van der Waals surface area contributed by atoms with E-state index in [2.05, 4.69) is 10.6 Å². The zero-order valence-corrected chi connectivity index (χ0v) is 13.7. The Kier molecular flexibility index (Phi) is 4.41. The number of rotatable bonds is 3. The van der Waals surface area contributed by atoms with Crippen LogP contribution in [-0.4, -0.2) is 22.0 Å². The van der Waals surface area contributed by atoms with Crippen LogP contribution in [0.5, 0.6) is 0 Å². The van der Waals surface area contributed by atoms with Crippen molar-refractivity contribution >= 4 is 40.6 Å². The van der Waals surface area contributed by atoms with Crippen molar-refractivity contribution in [3.05, 3.63) is 57.9 Å². The third-order valence-corrected chi connectivity index (χ3v) is 4.76. The highest BCUT2D eigenvalue weighted by atomic mass is 32.2. The van der Waals surface area contributed by atoms with E-state index in [1.807, 2.05) is 0 Å². The highest BCUT2D eigenvalue weighted by Gasteiger charge is 2.24. The minimum Gasteiger partial charge on any atom is -0.324 e. The molecule has 128 valence electrons. The summed E-state index contributed by atoms with van der Waals surface area (Å²) in [6.45, 7) is 1.77. The van der Waals surface area contributed by atoms with Gasteiger partial charge in [0.25, 0.3) is 11.6 Å². The van der Waals surface area contributed by atoms with E-state index in [0.29, 0.717) is 5.69 Å². The van der Waals surface area contributed by atoms with Crippen LogP contribution in [0.3, 0.4) is 0 Å². The summed E-state index contributed by atoms with van der Waals surface area (Å²) in [5.41, 5.74) is 0.0733. The van der Waals surface area contributed by atoms with Crippen molar-refractivity contribution in [3.8, 4) is 0 Å². The number of carbonyl (C=O) groups excluding carboxylic acids is 2. The molecule has 0 saturated heterocycles. The van der Waals surface area contributed by atoms with E-state index in [-0.39, 0.29) is 28.1 Å². The van der Waals surface area contributed by atoms with Gasteiger partial charge in [0, 0.05) is 22.6 Å². The molecule has 9 heteroatoms. The van der Waals surface area contributed by atoms with Gasteiger partial charge >= 0.3 is 0 Å². The van der Waals surface area contributed by atoms with Crippen molar-refractivity contribution in [2.45, 2.75) is 17.1 Å². The molecule has 1 unspecified atom stereocenters. The molecule has 2 N–H and O–H groups in total. The number of halogens is 1. The van der Waals surface area contributed by atoms with E-state index in [4.69, 9.17) is 0 Å². The molecular weight excluding hydrogens is 349 g/mol. The fraction of sp³-hybridized carbons (Fsp3) is 0.125. The maximum Gasteiger partial charge on any atom is 0.271 e. The highest BCUT2D eigenvalue weighted by Crippen LogP contribution is 2.36. The van der Waals surface area contributed by atoms with Crippen LogP contribution in [-0.2, 0) is 4.79 Å². The van der Waals surface area contributed by atoms with E-state index in [1.54, 1.807) is 19.1 Å². The number of amides is 2. The van der Waals surface area contributed by atoms with Crippen molar-refractivity contribution < 1.29 is 18.9 Å². The number of hydrogen-bond donors (Lipinski definition) is 2. The first kappa shape index (κ1) is 16.9. The first-order chi connectivity index (χ1) is 11.8. The molecule has 0 aromatic heterocycles. The molecule has 1 atom stereocenters. The average molecular weight is 361 g/mol. The average Bonchev–Trinajstić information content (AvgIpc) is 2.57. The lowest BCUT2D eigenvalue weighted by Gasteiger charge is -2.21. The van der Waals surface area contributed by atoms with Crippen LogP contribution in [0.15, 0.2) is 41.3 Å². The Morgan fingerprint density at radius 1 is 1.32 bits per heavy atom. The van der Waals surface area contributed by atoms with E-state index in [1.165, 1.54) is 17.8 Å². The summed E-state index contributed by atoms with van der Waals surface area (Å²) < 4.78 is 13.8. The standard InChI is InChI=1S/C16H12FN3O4S/c1-8-15(21)19-13-6-9(2-5-14(13)25-8)16(22)18-12-7-10(20(23)24)3-4-11(12)17/h2-8H,1H3,(H,18,22)(H,19,21). The number of benzene rings is 2. The number of nitrogens with zero attached hydrogens (tertiary/aromatic N) is 1. The van der Waals surface area contributed by atoms with Crippen molar-refractivity contribution in [2.24, 2.45) is 0 Å². The molecule has 0 aliphatic carbocycles. The van der Waals surface area contributed by atoms with Gasteiger partial charge in [-0.25, -0.2) is 4.39 Å². The van der Waals surface area contributed by atoms with Crippen LogP contribution < -0.4 is 10.6 Å². The number of nitro groups is 1. The summed E-state index contributed by atoms with van der Waals surface area (Å²) >= 11 is 1.37. The van der Waals surface area contributed by atoms with Gasteiger partial charge in [0.15, 0.2) is 0 Å². The largest absolute Gasteiger partial charge is 0.324 e. The number of anilines is 2. The number of thioether (sulfide) groups is 1. The van der Waals surface area contributed by atoms with Crippen LogP contribution in [0.4, 0.5) is 21.5 Å². The lowest BCUT2D eigenvalue weighted by Crippen LogP contribution is -2.26. The maximum absolute atomic E-state index is 13.8. The predicted octanol–water partition coefficient (Wildman–Crippen LogP) is 3.42. The Morgan fingerprint density at radius 3 is 2.80 bits per heavy atom. The van der Waals surface area contributed by atoms with Gasteiger partial charge in [0.2, 0.25) is 5.91 Å². The van der Waals surface area contributed by atoms with Crippen molar-refractivity contribution in [1.82, 2.24) is 0 Å². The van der Waals surface area contributed by atoms with E-state index in [0.717, 1.165) is 23.1 Å². The number of fused-ring (bicyclic) bond motifs is 1. The van der Waals surface area contributed by atoms with Crippen LogP contribution in [0.2, 0.25) is 0 Å². The Hall–Kier alpha value is -2.94. The first-order valence-corrected chi connectivity index (χ1v) is 8.10. The van der Waals surface area contributed by atoms with Gasteiger partial charge in [0.1, 0.15) is 5.82 Å². The van der Waals surface area contributed by atoms with Gasteiger partial charge in [0.05, 0.1) is 21.5 Å². The molecule has 0 radical (unpaired) electrons. The third-order valence-electron chi connectivity index (χ3n) is 3.58. The second kappa shape index (κ2) is 6.52. The second-order valence-corrected chi connectivity index (χ2v) is 6.72. The smallest absolute Gasteiger partial charge is 0.271 e. The number of nitrogens with one attached hydrogen (secondary N) is 2. The third kappa shape index (κ3) is 3.45. The normalized spacial score (nSPS) is 15.9. The molecule has 2 aromatic carbocycles. The number of carbonyl (C=O) groups is 2. The molecule has 1 aliphatic heterocycles. The van der Waals surface area contributed by atoms with Gasteiger partial charge in [-0.15, -0.1) is 11.8 Å². The fourth-order valence-corrected chi connectivity index (χ4v) is 3.20. The van der Waals surface area contributed by atoms with E-state index < -0.39 is 16.6 Å². The molecule has 0 saturated carbocycles. The molecule has 1 heterocycles. The monoisotopic (exact) mass is 361 g/mol. The van der Waals surface area contributed by atoms with Gasteiger partial charge < -0.3 is 10.6 Å². The second-order valence-electron chi connectivity index (χ2n) is 5.34. The Balaban J connectivity index is 1.85. The van der Waals surface area contributed by atoms with E-state index in [9.17, 15) is 24.1 Å². The first-order valence-electron chi connectivity index (χ1n) is 7.22. The van der Waals surface area contributed by atoms with Crippen LogP contribution >= 0.6 is 11.8 Å². The minimum absolute atomic E-state index is 0.167. The molecular formula is C16H12FN3O4S. The minimum atomic E-state index is -0.783. The van der Waals surface area contributed by atoms with Crippen molar-refractivity contribution in [1.29, 1.82) is 0 Å². The Bertz CT molecular complexity index is 903. The van der Waals surface area contributed by atoms with Crippen molar-refractivity contribution in [2.75, 3.05) is 10.6 Å². The zero-order valence-electron chi connectivity index (χ0n) is 12.9. The molecule has 2 amide bonds. The lowest BCUT2D eigenvalue weighted by atomic mass is 10.1. The topological polar surface area (TPSA) is 101 Å². The number of hydrogen-bond acceptors (Lipinski definition) is 5. The van der Waals surface area contributed by atoms with Crippen LogP contribution in [0, 0.1) is 15.9 Å². The quantitative estimate of drug-likeness (QED) is 0.644. The highest BCUT2D eigenvalue weighted by molar-refractivity contribution is 8.00. The SMILES string of the molecule is CC1Sc2ccc(C(=O)Nc3cc([N+](=O)[O-])ccc3F)cc2NC1=O. The summed E-state index contributed by atoms with van der Waals surface area (Å²) in [6.07, 6.45) is 0. The zero-order chi connectivity index (χ0) is 18.1. The van der Waals surface area contributed by atoms with Crippen LogP contribution in [0.25, 0.3) is 0 Å². The summed E-state index contributed by atoms with van der Waals surface area (Å²) in [7, 11) is 0. The summed E-state index contributed by atoms with van der Waals surface area (Å²) in [5.74, 6) is -1.59. The molecule has 2 aromatic rings. The van der Waals surface area contributed by atoms with Crippen LogP contribution in [0.1, 0.15) is 17.3 Å². The number of non-ortho nitro benzene ring substituents is 1. The van der Waals surface area contributed by atoms with Gasteiger partial charge in [-0.2, -0.15) is 0 Å². The predicted molar refractivity (Wildman–Crippen MR) is 91.4 cm³/mol. The molecule has 1 aliphatic rings. The Morgan fingerprint density at radius 2 is 2.08 bits per heavy atom. The van der Waals surface area contributed by atoms with Gasteiger partial charge in [-0.3, -0.25) is 19.7 Å². The molecule has 0 bridgehead atoms. The van der Waals surface area contributed by atoms with E-state index >= 15 is 0 Å². The molecule has 3 rings (SSSR count). The van der Waals surface area contributed by atoms with Crippen molar-refractivity contribution in [3.63, 3.8) is 0 Å². The summed E-state index contributed by atoms with van der Waals surface area (Å²) in [5, 5.41) is 15.5. The van der Waals surface area contributed by atoms with Gasteiger partial charge in [-0.05, 0) is 31.2 Å². The molecule has 0 fully saturated rings. The maximum atomic E-state index is 13.8. The lowest BCUT2D eigenvalue weighted by molar-refractivity contribution is -0.384. The molecule has 0 spiro atoms. The fourth-order valence-electron chi connectivity index (χ4n) is 2.27. The molecule has 7 nitrogen and oxygen atoms in total. The van der Waals surface area contributed by atoms with Gasteiger partial charge in [-0.1, -0.05) is 0 Å². The summed E-state index contributed by atoms with van der Waals surface area (Å²) in [6, 6.07) is 7.59.